The summed E-state index contributed by atoms with van der Waals surface area (Å²) in [6, 6.07) is 14.5. The second-order valence-corrected chi connectivity index (χ2v) is 12.9. The molecule has 1 fully saturated rings. The number of carbonyl (C=O) groups is 2. The topological polar surface area (TPSA) is 79.7 Å². The van der Waals surface area contributed by atoms with Gasteiger partial charge in [0.1, 0.15) is 17.6 Å². The Morgan fingerprint density at radius 2 is 1.90 bits per heavy atom. The molecule has 4 aromatic rings. The number of amides is 1. The zero-order valence-electron chi connectivity index (χ0n) is 22.9. The second kappa shape index (κ2) is 10.2. The van der Waals surface area contributed by atoms with E-state index in [2.05, 4.69) is 40.7 Å². The van der Waals surface area contributed by atoms with Crippen molar-refractivity contribution in [1.29, 1.82) is 0 Å². The van der Waals surface area contributed by atoms with E-state index < -0.39 is 17.7 Å². The van der Waals surface area contributed by atoms with Crippen LogP contribution in [0.5, 0.6) is 5.75 Å². The van der Waals surface area contributed by atoms with Gasteiger partial charge in [-0.15, -0.1) is 11.3 Å². The van der Waals surface area contributed by atoms with Crippen molar-refractivity contribution in [2.24, 2.45) is 0 Å². The SMILES string of the molecule is CCOc1ccc(/C(O)=C2\C(=O)C(=O)N(c3nc4ccc(C(C)C)cc4s3)C2c2cccs2)cc1C(C)(C)C. The number of thiazole rings is 1. The molecule has 0 aliphatic carbocycles. The van der Waals surface area contributed by atoms with Crippen molar-refractivity contribution < 1.29 is 19.4 Å². The molecule has 3 heterocycles. The number of ether oxygens (including phenoxy) is 1. The number of aliphatic hydroxyl groups is 1. The van der Waals surface area contributed by atoms with Gasteiger partial charge in [-0.05, 0) is 65.6 Å². The lowest BCUT2D eigenvalue weighted by atomic mass is 9.84. The molecule has 0 radical (unpaired) electrons. The average Bonchev–Trinajstić information content (AvgIpc) is 3.61. The van der Waals surface area contributed by atoms with Gasteiger partial charge in [0.05, 0.1) is 22.4 Å². The molecule has 6 nitrogen and oxygen atoms in total. The Bertz CT molecular complexity index is 1590. The molecule has 5 rings (SSSR count). The highest BCUT2D eigenvalue weighted by atomic mass is 32.1. The Hall–Kier alpha value is -3.49. The van der Waals surface area contributed by atoms with Crippen molar-refractivity contribution in [3.63, 3.8) is 0 Å². The Balaban J connectivity index is 1.67. The Kier molecular flexibility index (Phi) is 7.11. The van der Waals surface area contributed by atoms with E-state index in [1.54, 1.807) is 6.07 Å². The van der Waals surface area contributed by atoms with E-state index in [4.69, 9.17) is 9.72 Å². The normalized spacial score (nSPS) is 17.5. The third-order valence-corrected chi connectivity index (χ3v) is 8.83. The lowest BCUT2D eigenvalue weighted by Crippen LogP contribution is -2.28. The number of anilines is 1. The zero-order valence-corrected chi connectivity index (χ0v) is 24.6. The fraction of sp³-hybridized carbons (Fsp3) is 0.323. The van der Waals surface area contributed by atoms with Crippen LogP contribution in [0.4, 0.5) is 5.13 Å². The lowest BCUT2D eigenvalue weighted by molar-refractivity contribution is -0.132. The molecule has 1 aliphatic rings. The number of Topliss-reactive ketones (excluding diaryl/α,β-unsaturated/α-hetero) is 1. The summed E-state index contributed by atoms with van der Waals surface area (Å²) in [7, 11) is 0. The molecule has 0 saturated carbocycles. The predicted molar refractivity (Wildman–Crippen MR) is 159 cm³/mol. The summed E-state index contributed by atoms with van der Waals surface area (Å²) < 4.78 is 6.78. The van der Waals surface area contributed by atoms with Crippen LogP contribution < -0.4 is 9.64 Å². The zero-order chi connectivity index (χ0) is 28.1. The van der Waals surface area contributed by atoms with Gasteiger partial charge in [0, 0.05) is 16.0 Å². The third-order valence-electron chi connectivity index (χ3n) is 6.89. The van der Waals surface area contributed by atoms with E-state index in [1.165, 1.54) is 33.1 Å². The van der Waals surface area contributed by atoms with Crippen LogP contribution in [0.1, 0.15) is 75.1 Å². The maximum absolute atomic E-state index is 13.6. The Labute approximate surface area is 236 Å². The number of carbonyl (C=O) groups excluding carboxylic acids is 2. The van der Waals surface area contributed by atoms with Crippen LogP contribution >= 0.6 is 22.7 Å². The summed E-state index contributed by atoms with van der Waals surface area (Å²) in [5.41, 5.74) is 3.12. The monoisotopic (exact) mass is 560 g/mol. The number of nitrogens with zero attached hydrogens (tertiary/aromatic N) is 2. The number of aromatic nitrogens is 1. The van der Waals surface area contributed by atoms with Gasteiger partial charge in [-0.3, -0.25) is 14.5 Å². The van der Waals surface area contributed by atoms with Crippen LogP contribution in [0.15, 0.2) is 59.5 Å². The summed E-state index contributed by atoms with van der Waals surface area (Å²) >= 11 is 2.82. The van der Waals surface area contributed by atoms with Crippen molar-refractivity contribution >= 4 is 55.5 Å². The summed E-state index contributed by atoms with van der Waals surface area (Å²) in [6.45, 7) is 12.9. The number of fused-ring (bicyclic) bond motifs is 1. The fourth-order valence-corrected chi connectivity index (χ4v) is 6.70. The molecule has 0 spiro atoms. The van der Waals surface area contributed by atoms with Crippen LogP contribution in [0, 0.1) is 0 Å². The highest BCUT2D eigenvalue weighted by Crippen LogP contribution is 2.46. The minimum absolute atomic E-state index is 0.0635. The van der Waals surface area contributed by atoms with Crippen molar-refractivity contribution in [2.75, 3.05) is 11.5 Å². The highest BCUT2D eigenvalue weighted by Gasteiger charge is 2.48. The van der Waals surface area contributed by atoms with Gasteiger partial charge >= 0.3 is 5.91 Å². The van der Waals surface area contributed by atoms with Gasteiger partial charge < -0.3 is 9.84 Å². The molecular formula is C31H32N2O4S2. The van der Waals surface area contributed by atoms with E-state index in [9.17, 15) is 14.7 Å². The molecule has 1 atom stereocenters. The molecule has 0 bridgehead atoms. The van der Waals surface area contributed by atoms with Gasteiger partial charge in [0.15, 0.2) is 5.13 Å². The van der Waals surface area contributed by atoms with Gasteiger partial charge in [-0.25, -0.2) is 4.98 Å². The molecule has 39 heavy (non-hydrogen) atoms. The maximum atomic E-state index is 13.6. The van der Waals surface area contributed by atoms with E-state index in [1.807, 2.05) is 48.7 Å². The molecule has 1 saturated heterocycles. The largest absolute Gasteiger partial charge is 0.507 e. The van der Waals surface area contributed by atoms with E-state index in [0.717, 1.165) is 26.4 Å². The van der Waals surface area contributed by atoms with E-state index in [-0.39, 0.29) is 16.7 Å². The first-order valence-electron chi connectivity index (χ1n) is 13.0. The number of thiophene rings is 1. The molecule has 202 valence electrons. The molecule has 1 aliphatic heterocycles. The van der Waals surface area contributed by atoms with Crippen LogP contribution in [-0.4, -0.2) is 28.4 Å². The predicted octanol–water partition coefficient (Wildman–Crippen LogP) is 7.80. The number of rotatable bonds is 6. The minimum atomic E-state index is -0.778. The quantitative estimate of drug-likeness (QED) is 0.148. The van der Waals surface area contributed by atoms with Crippen molar-refractivity contribution in [1.82, 2.24) is 4.98 Å². The first kappa shape index (κ1) is 27.1. The number of ketones is 1. The fourth-order valence-electron chi connectivity index (χ4n) is 4.84. The minimum Gasteiger partial charge on any atom is -0.507 e. The van der Waals surface area contributed by atoms with Crippen LogP contribution in [0.3, 0.4) is 0 Å². The molecule has 8 heteroatoms. The molecule has 2 aromatic heterocycles. The highest BCUT2D eigenvalue weighted by molar-refractivity contribution is 7.22. The van der Waals surface area contributed by atoms with E-state index >= 15 is 0 Å². The molecule has 1 N–H and O–H groups in total. The summed E-state index contributed by atoms with van der Waals surface area (Å²) in [5.74, 6) is -0.537. The van der Waals surface area contributed by atoms with Gasteiger partial charge in [-0.1, -0.05) is 58.1 Å². The Morgan fingerprint density at radius 3 is 2.54 bits per heavy atom. The van der Waals surface area contributed by atoms with Gasteiger partial charge in [0.2, 0.25) is 0 Å². The third kappa shape index (κ3) is 4.87. The van der Waals surface area contributed by atoms with Gasteiger partial charge in [-0.2, -0.15) is 0 Å². The van der Waals surface area contributed by atoms with Gasteiger partial charge in [0.25, 0.3) is 5.78 Å². The first-order valence-corrected chi connectivity index (χ1v) is 14.7. The van der Waals surface area contributed by atoms with Crippen molar-refractivity contribution in [3.05, 3.63) is 81.1 Å². The molecule has 1 amide bonds. The second-order valence-electron chi connectivity index (χ2n) is 11.0. The number of hydrogen-bond donors (Lipinski definition) is 1. The molecular weight excluding hydrogens is 528 g/mol. The van der Waals surface area contributed by atoms with E-state index in [0.29, 0.717) is 23.2 Å². The lowest BCUT2D eigenvalue weighted by Gasteiger charge is -2.24. The Morgan fingerprint density at radius 1 is 1.13 bits per heavy atom. The number of aliphatic hydroxyl groups excluding tert-OH is 1. The average molecular weight is 561 g/mol. The molecule has 2 aromatic carbocycles. The summed E-state index contributed by atoms with van der Waals surface area (Å²) in [5, 5.41) is 14.0. The van der Waals surface area contributed by atoms with Crippen molar-refractivity contribution in [3.8, 4) is 5.75 Å². The smallest absolute Gasteiger partial charge is 0.301 e. The summed E-state index contributed by atoms with van der Waals surface area (Å²) in [4.78, 5) is 34.1. The number of benzene rings is 2. The first-order chi connectivity index (χ1) is 18.5. The maximum Gasteiger partial charge on any atom is 0.301 e. The van der Waals surface area contributed by atoms with Crippen LogP contribution in [-0.2, 0) is 15.0 Å². The summed E-state index contributed by atoms with van der Waals surface area (Å²) in [6.07, 6.45) is 0. The van der Waals surface area contributed by atoms with Crippen LogP contribution in [0.2, 0.25) is 0 Å². The van der Waals surface area contributed by atoms with Crippen LogP contribution in [0.25, 0.3) is 16.0 Å². The standard InChI is InChI=1S/C31H32N2O4S2/c1-7-37-22-13-11-19(15-20(22)31(4,5)6)27(34)25-26(23-9-8-14-38-23)33(29(36)28(25)35)30-32-21-12-10-18(17(2)3)16-24(21)39-30/h8-17,26,34H,7H2,1-6H3/b27-25+. The number of hydrogen-bond acceptors (Lipinski definition) is 7. The van der Waals surface area contributed by atoms with Crippen molar-refractivity contribution in [2.45, 2.75) is 58.9 Å². The molecule has 1 unspecified atom stereocenters.